The van der Waals surface area contributed by atoms with Gasteiger partial charge in [-0.15, -0.1) is 0 Å². The summed E-state index contributed by atoms with van der Waals surface area (Å²) in [6.07, 6.45) is 0.725. The summed E-state index contributed by atoms with van der Waals surface area (Å²) in [7, 11) is 0. The molecule has 0 spiro atoms. The van der Waals surface area contributed by atoms with Crippen LogP contribution < -0.4 is 16.0 Å². The number of rotatable bonds is 6. The molecule has 21 heavy (non-hydrogen) atoms. The van der Waals surface area contributed by atoms with Crippen molar-refractivity contribution in [3.63, 3.8) is 0 Å². The summed E-state index contributed by atoms with van der Waals surface area (Å²) < 4.78 is 7.13. The summed E-state index contributed by atoms with van der Waals surface area (Å²) in [4.78, 5) is 0. The largest absolute Gasteiger partial charge is 0.489 e. The fraction of sp³-hybridized carbons (Fsp3) is 0.250. The molecule has 2 unspecified atom stereocenters. The highest BCUT2D eigenvalue weighted by atomic mass is 127. The molecule has 2 aromatic carbocycles. The van der Waals surface area contributed by atoms with Crippen molar-refractivity contribution in [2.24, 2.45) is 5.84 Å². The molecule has 5 heteroatoms. The van der Waals surface area contributed by atoms with Crippen LogP contribution in [-0.4, -0.2) is 12.1 Å². The second-order valence-corrected chi connectivity index (χ2v) is 6.57. The highest BCUT2D eigenvalue weighted by Crippen LogP contribution is 2.20. The average Bonchev–Trinajstić information content (AvgIpc) is 2.46. The predicted octanol–water partition coefficient (Wildman–Crippen LogP) is 3.79. The van der Waals surface area contributed by atoms with Crippen LogP contribution in [-0.2, 0) is 6.42 Å². The fourth-order valence-corrected chi connectivity index (χ4v) is 2.61. The fourth-order valence-electron chi connectivity index (χ4n) is 2.07. The smallest absolute Gasteiger partial charge is 0.121 e. The van der Waals surface area contributed by atoms with Gasteiger partial charge < -0.3 is 4.74 Å². The summed E-state index contributed by atoms with van der Waals surface area (Å²) in [6, 6.07) is 15.8. The quantitative estimate of drug-likeness (QED) is 0.428. The van der Waals surface area contributed by atoms with Crippen molar-refractivity contribution in [1.29, 1.82) is 0 Å². The van der Waals surface area contributed by atoms with E-state index >= 15 is 0 Å². The molecule has 2 atom stereocenters. The third kappa shape index (κ3) is 5.14. The van der Waals surface area contributed by atoms with Gasteiger partial charge in [-0.05, 0) is 71.8 Å². The van der Waals surface area contributed by atoms with Crippen LogP contribution in [0.5, 0.6) is 5.75 Å². The highest BCUT2D eigenvalue weighted by Gasteiger charge is 2.18. The topological polar surface area (TPSA) is 47.3 Å². The van der Waals surface area contributed by atoms with Gasteiger partial charge in [0.15, 0.2) is 0 Å². The summed E-state index contributed by atoms with van der Waals surface area (Å²) >= 11 is 8.26. The first-order valence-electron chi connectivity index (χ1n) is 6.71. The number of hydrazine groups is 1. The van der Waals surface area contributed by atoms with E-state index in [2.05, 4.69) is 52.3 Å². The van der Waals surface area contributed by atoms with Crippen LogP contribution in [0.3, 0.4) is 0 Å². The Kier molecular flexibility index (Phi) is 6.29. The molecule has 0 bridgehead atoms. The Balaban J connectivity index is 2.01. The molecule has 2 aromatic rings. The first-order chi connectivity index (χ1) is 10.1. The van der Waals surface area contributed by atoms with Gasteiger partial charge >= 0.3 is 0 Å². The Morgan fingerprint density at radius 2 is 1.95 bits per heavy atom. The van der Waals surface area contributed by atoms with Crippen molar-refractivity contribution >= 4 is 34.2 Å². The van der Waals surface area contributed by atoms with Gasteiger partial charge in [0.1, 0.15) is 11.9 Å². The van der Waals surface area contributed by atoms with Gasteiger partial charge in [0, 0.05) is 8.59 Å². The first-order valence-corrected chi connectivity index (χ1v) is 8.17. The van der Waals surface area contributed by atoms with Crippen LogP contribution in [0.15, 0.2) is 48.5 Å². The van der Waals surface area contributed by atoms with E-state index in [0.29, 0.717) is 5.02 Å². The number of nitrogens with one attached hydrogen (secondary N) is 1. The molecule has 0 aliphatic carbocycles. The van der Waals surface area contributed by atoms with E-state index in [9.17, 15) is 0 Å². The van der Waals surface area contributed by atoms with E-state index in [1.54, 1.807) is 6.07 Å². The Morgan fingerprint density at radius 3 is 2.57 bits per heavy atom. The van der Waals surface area contributed by atoms with E-state index in [-0.39, 0.29) is 12.1 Å². The molecular weight excluding hydrogens is 399 g/mol. The van der Waals surface area contributed by atoms with E-state index in [4.69, 9.17) is 22.2 Å². The molecule has 0 fully saturated rings. The maximum absolute atomic E-state index is 5.97. The van der Waals surface area contributed by atoms with Gasteiger partial charge in [0.05, 0.1) is 6.04 Å². The van der Waals surface area contributed by atoms with Crippen molar-refractivity contribution in [1.82, 2.24) is 5.43 Å². The van der Waals surface area contributed by atoms with Gasteiger partial charge in [-0.2, -0.15) is 0 Å². The lowest BCUT2D eigenvalue weighted by Gasteiger charge is -2.24. The maximum atomic E-state index is 5.97. The minimum Gasteiger partial charge on any atom is -0.489 e. The third-order valence-corrected chi connectivity index (χ3v) is 4.22. The molecule has 0 saturated heterocycles. The maximum Gasteiger partial charge on any atom is 0.121 e. The third-order valence-electron chi connectivity index (χ3n) is 3.27. The van der Waals surface area contributed by atoms with Crippen LogP contribution in [0.2, 0.25) is 5.02 Å². The molecule has 0 heterocycles. The van der Waals surface area contributed by atoms with Crippen LogP contribution >= 0.6 is 34.2 Å². The Morgan fingerprint density at radius 1 is 1.24 bits per heavy atom. The molecule has 2 rings (SSSR count). The van der Waals surface area contributed by atoms with Crippen LogP contribution in [0.4, 0.5) is 0 Å². The van der Waals surface area contributed by atoms with Gasteiger partial charge in [-0.25, -0.2) is 0 Å². The molecule has 0 saturated carbocycles. The van der Waals surface area contributed by atoms with Crippen LogP contribution in [0.25, 0.3) is 0 Å². The highest BCUT2D eigenvalue weighted by molar-refractivity contribution is 14.1. The number of hydrogen-bond acceptors (Lipinski definition) is 3. The summed E-state index contributed by atoms with van der Waals surface area (Å²) in [5, 5.41) is 0.662. The van der Waals surface area contributed by atoms with Gasteiger partial charge in [-0.3, -0.25) is 11.3 Å². The second-order valence-electron chi connectivity index (χ2n) is 4.88. The zero-order valence-corrected chi connectivity index (χ0v) is 14.6. The minimum absolute atomic E-state index is 0.0176. The normalized spacial score (nSPS) is 13.7. The standard InChI is InChI=1S/C16H18ClIN2O/c1-11(21-15-4-2-3-13(17)10-15)16(20-19)9-12-5-7-14(18)8-6-12/h2-8,10-11,16,20H,9,19H2,1H3. The van der Waals surface area contributed by atoms with Crippen molar-refractivity contribution in [3.8, 4) is 5.75 Å². The van der Waals surface area contributed by atoms with Crippen LogP contribution in [0, 0.1) is 3.57 Å². The first kappa shape index (κ1) is 16.5. The van der Waals surface area contributed by atoms with Gasteiger partial charge in [-0.1, -0.05) is 29.8 Å². The zero-order chi connectivity index (χ0) is 15.2. The number of hydrogen-bond donors (Lipinski definition) is 2. The molecule has 0 amide bonds. The van der Waals surface area contributed by atoms with Gasteiger partial charge in [0.2, 0.25) is 0 Å². The lowest BCUT2D eigenvalue weighted by molar-refractivity contribution is 0.169. The number of benzene rings is 2. The Labute approximate surface area is 143 Å². The summed E-state index contributed by atoms with van der Waals surface area (Å²) in [5.74, 6) is 6.43. The summed E-state index contributed by atoms with van der Waals surface area (Å²) in [5.41, 5.74) is 4.06. The Bertz CT molecular complexity index is 577. The van der Waals surface area contributed by atoms with Crippen LogP contribution in [0.1, 0.15) is 12.5 Å². The van der Waals surface area contributed by atoms with E-state index < -0.39 is 0 Å². The molecule has 3 N–H and O–H groups in total. The number of halogens is 2. The SMILES string of the molecule is CC(Oc1cccc(Cl)c1)C(Cc1ccc(I)cc1)NN. The van der Waals surface area contributed by atoms with Crippen molar-refractivity contribution in [2.45, 2.75) is 25.5 Å². The number of ether oxygens (including phenoxy) is 1. The Hall–Kier alpha value is -0.820. The molecule has 0 aliphatic heterocycles. The number of nitrogens with two attached hydrogens (primary N) is 1. The van der Waals surface area contributed by atoms with E-state index in [1.807, 2.05) is 25.1 Å². The zero-order valence-electron chi connectivity index (χ0n) is 11.7. The molecule has 0 aliphatic rings. The van der Waals surface area contributed by atoms with Gasteiger partial charge in [0.25, 0.3) is 0 Å². The lowest BCUT2D eigenvalue weighted by atomic mass is 10.0. The molecule has 3 nitrogen and oxygen atoms in total. The molecule has 0 radical (unpaired) electrons. The summed E-state index contributed by atoms with van der Waals surface area (Å²) in [6.45, 7) is 2.00. The predicted molar refractivity (Wildman–Crippen MR) is 95.5 cm³/mol. The minimum atomic E-state index is -0.0762. The second kappa shape index (κ2) is 7.98. The molecule has 0 aromatic heterocycles. The van der Waals surface area contributed by atoms with Crippen molar-refractivity contribution in [2.75, 3.05) is 0 Å². The molecule has 112 valence electrons. The van der Waals surface area contributed by atoms with E-state index in [1.165, 1.54) is 9.13 Å². The monoisotopic (exact) mass is 416 g/mol. The van der Waals surface area contributed by atoms with E-state index in [0.717, 1.165) is 12.2 Å². The average molecular weight is 417 g/mol. The molecular formula is C16H18ClIN2O. The van der Waals surface area contributed by atoms with Crippen molar-refractivity contribution < 1.29 is 4.74 Å². The van der Waals surface area contributed by atoms with Crippen molar-refractivity contribution in [3.05, 3.63) is 62.7 Å². The lowest BCUT2D eigenvalue weighted by Crippen LogP contribution is -2.46.